The van der Waals surface area contributed by atoms with Crippen LogP contribution in [0.15, 0.2) is 42.5 Å². The summed E-state index contributed by atoms with van der Waals surface area (Å²) in [4.78, 5) is 8.91. The first kappa shape index (κ1) is 17.6. The van der Waals surface area contributed by atoms with E-state index >= 15 is 0 Å². The van der Waals surface area contributed by atoms with Gasteiger partial charge in [0.05, 0.1) is 12.1 Å². The maximum absolute atomic E-state index is 5.95. The molecule has 0 spiro atoms. The Morgan fingerprint density at radius 1 is 1.00 bits per heavy atom. The fourth-order valence-corrected chi connectivity index (χ4v) is 3.79. The van der Waals surface area contributed by atoms with Gasteiger partial charge < -0.3 is 15.8 Å². The van der Waals surface area contributed by atoms with E-state index in [1.54, 1.807) is 0 Å². The van der Waals surface area contributed by atoms with Crippen molar-refractivity contribution >= 4 is 22.7 Å². The van der Waals surface area contributed by atoms with Crippen LogP contribution in [0.1, 0.15) is 39.0 Å². The number of hydrogen-bond acceptors (Lipinski definition) is 5. The smallest absolute Gasteiger partial charge is 0.222 e. The van der Waals surface area contributed by atoms with E-state index in [1.807, 2.05) is 25.1 Å². The predicted molar refractivity (Wildman–Crippen MR) is 111 cm³/mol. The normalized spacial score (nSPS) is 15.0. The van der Waals surface area contributed by atoms with Gasteiger partial charge in [-0.15, -0.1) is 0 Å². The monoisotopic (exact) mass is 362 g/mol. The number of hydrogen-bond donors (Lipinski definition) is 2. The Morgan fingerprint density at radius 3 is 2.48 bits per heavy atom. The van der Waals surface area contributed by atoms with Crippen LogP contribution in [0.4, 0.5) is 11.8 Å². The Labute approximate surface area is 160 Å². The Hall–Kier alpha value is -2.82. The first-order valence-corrected chi connectivity index (χ1v) is 9.80. The van der Waals surface area contributed by atoms with Crippen LogP contribution in [0.2, 0.25) is 0 Å². The molecule has 5 nitrogen and oxygen atoms in total. The molecule has 0 saturated heterocycles. The second-order valence-corrected chi connectivity index (χ2v) is 7.10. The molecule has 5 heteroatoms. The summed E-state index contributed by atoms with van der Waals surface area (Å²) in [6, 6.07) is 14.9. The van der Waals surface area contributed by atoms with Crippen molar-refractivity contribution in [1.29, 1.82) is 0 Å². The van der Waals surface area contributed by atoms with Crippen LogP contribution in [0.5, 0.6) is 5.75 Å². The lowest BCUT2D eigenvalue weighted by molar-refractivity contribution is 0.340. The van der Waals surface area contributed by atoms with Crippen LogP contribution >= 0.6 is 0 Å². The highest BCUT2D eigenvalue weighted by Gasteiger charge is 2.16. The van der Waals surface area contributed by atoms with Crippen molar-refractivity contribution in [1.82, 2.24) is 9.97 Å². The van der Waals surface area contributed by atoms with Gasteiger partial charge in [-0.25, -0.2) is 4.98 Å². The van der Waals surface area contributed by atoms with Crippen molar-refractivity contribution in [3.63, 3.8) is 0 Å². The molecule has 1 saturated carbocycles. The summed E-state index contributed by atoms with van der Waals surface area (Å²) < 4.78 is 5.54. The second kappa shape index (κ2) is 7.82. The van der Waals surface area contributed by atoms with Gasteiger partial charge in [0.25, 0.3) is 0 Å². The largest absolute Gasteiger partial charge is 0.494 e. The van der Waals surface area contributed by atoms with Gasteiger partial charge in [0.15, 0.2) is 0 Å². The van der Waals surface area contributed by atoms with E-state index in [0.717, 1.165) is 33.6 Å². The number of nitrogens with zero attached hydrogens (tertiary/aromatic N) is 2. The molecule has 1 aliphatic rings. The van der Waals surface area contributed by atoms with Crippen LogP contribution in [-0.2, 0) is 0 Å². The summed E-state index contributed by atoms with van der Waals surface area (Å²) in [5.74, 6) is 2.05. The fourth-order valence-electron chi connectivity index (χ4n) is 3.79. The maximum Gasteiger partial charge on any atom is 0.222 e. The van der Waals surface area contributed by atoms with Crippen LogP contribution in [0.3, 0.4) is 0 Å². The number of rotatable bonds is 5. The molecule has 4 rings (SSSR count). The molecule has 0 bridgehead atoms. The van der Waals surface area contributed by atoms with E-state index in [4.69, 9.17) is 10.5 Å². The van der Waals surface area contributed by atoms with Crippen LogP contribution in [0.25, 0.3) is 22.0 Å². The van der Waals surface area contributed by atoms with Gasteiger partial charge in [-0.1, -0.05) is 37.5 Å². The molecule has 1 aliphatic carbocycles. The SMILES string of the molecule is CCOc1ccc(-c2ccc3nc(N)nc(NC4CCCCC4)c3c2)cc1. The third-order valence-corrected chi connectivity index (χ3v) is 5.16. The van der Waals surface area contributed by atoms with Crippen LogP contribution in [-0.4, -0.2) is 22.6 Å². The van der Waals surface area contributed by atoms with Gasteiger partial charge in [-0.2, -0.15) is 4.98 Å². The third-order valence-electron chi connectivity index (χ3n) is 5.16. The number of nitrogens with one attached hydrogen (secondary N) is 1. The molecule has 1 fully saturated rings. The van der Waals surface area contributed by atoms with Crippen molar-refractivity contribution in [2.75, 3.05) is 17.7 Å². The van der Waals surface area contributed by atoms with E-state index in [9.17, 15) is 0 Å². The lowest BCUT2D eigenvalue weighted by Crippen LogP contribution is -2.23. The zero-order valence-electron chi connectivity index (χ0n) is 15.7. The molecule has 0 atom stereocenters. The van der Waals surface area contributed by atoms with Gasteiger partial charge in [0.1, 0.15) is 11.6 Å². The van der Waals surface area contributed by atoms with Gasteiger partial charge in [-0.3, -0.25) is 0 Å². The highest BCUT2D eigenvalue weighted by atomic mass is 16.5. The molecule has 1 aromatic heterocycles. The lowest BCUT2D eigenvalue weighted by atomic mass is 9.95. The van der Waals surface area contributed by atoms with Crippen molar-refractivity contribution in [3.8, 4) is 16.9 Å². The lowest BCUT2D eigenvalue weighted by Gasteiger charge is -2.24. The van der Waals surface area contributed by atoms with Gasteiger partial charge in [0, 0.05) is 11.4 Å². The summed E-state index contributed by atoms with van der Waals surface area (Å²) in [5, 5.41) is 4.63. The van der Waals surface area contributed by atoms with E-state index in [-0.39, 0.29) is 0 Å². The zero-order valence-corrected chi connectivity index (χ0v) is 15.7. The molecule has 140 valence electrons. The molecule has 0 amide bonds. The van der Waals surface area contributed by atoms with Crippen LogP contribution in [0, 0.1) is 0 Å². The number of fused-ring (bicyclic) bond motifs is 1. The number of anilines is 2. The summed E-state index contributed by atoms with van der Waals surface area (Å²) in [7, 11) is 0. The molecule has 0 aliphatic heterocycles. The molecule has 3 N–H and O–H groups in total. The minimum atomic E-state index is 0.314. The highest BCUT2D eigenvalue weighted by Crippen LogP contribution is 2.30. The van der Waals surface area contributed by atoms with Crippen molar-refractivity contribution in [2.45, 2.75) is 45.1 Å². The van der Waals surface area contributed by atoms with Gasteiger partial charge in [0.2, 0.25) is 5.95 Å². The minimum Gasteiger partial charge on any atom is -0.494 e. The van der Waals surface area contributed by atoms with E-state index in [0.29, 0.717) is 18.6 Å². The van der Waals surface area contributed by atoms with E-state index in [1.165, 1.54) is 32.1 Å². The van der Waals surface area contributed by atoms with E-state index in [2.05, 4.69) is 39.6 Å². The standard InChI is InChI=1S/C22H26N4O/c1-2-27-18-11-8-15(9-12-18)16-10-13-20-19(14-16)21(26-22(23)25-20)24-17-6-4-3-5-7-17/h8-14,17H,2-7H2,1H3,(H3,23,24,25,26). The van der Waals surface area contributed by atoms with Gasteiger partial charge >= 0.3 is 0 Å². The predicted octanol–water partition coefficient (Wildman–Crippen LogP) is 5.02. The third kappa shape index (κ3) is 3.97. The molecule has 0 radical (unpaired) electrons. The van der Waals surface area contributed by atoms with Crippen molar-refractivity contribution < 1.29 is 4.74 Å². The molecule has 1 heterocycles. The summed E-state index contributed by atoms with van der Waals surface area (Å²) >= 11 is 0. The summed E-state index contributed by atoms with van der Waals surface area (Å²) in [6.07, 6.45) is 6.24. The van der Waals surface area contributed by atoms with E-state index < -0.39 is 0 Å². The first-order valence-electron chi connectivity index (χ1n) is 9.80. The molecule has 2 aromatic carbocycles. The van der Waals surface area contributed by atoms with Crippen LogP contribution < -0.4 is 15.8 Å². The number of aromatic nitrogens is 2. The van der Waals surface area contributed by atoms with Gasteiger partial charge in [-0.05, 0) is 55.2 Å². The number of nitrogen functional groups attached to an aromatic ring is 1. The van der Waals surface area contributed by atoms with Crippen molar-refractivity contribution in [3.05, 3.63) is 42.5 Å². The highest BCUT2D eigenvalue weighted by molar-refractivity contribution is 5.93. The second-order valence-electron chi connectivity index (χ2n) is 7.10. The quantitative estimate of drug-likeness (QED) is 0.666. The molecule has 27 heavy (non-hydrogen) atoms. The number of ether oxygens (including phenoxy) is 1. The molecular weight excluding hydrogens is 336 g/mol. The molecule has 3 aromatic rings. The fraction of sp³-hybridized carbons (Fsp3) is 0.364. The summed E-state index contributed by atoms with van der Waals surface area (Å²) in [6.45, 7) is 2.66. The number of nitrogens with two attached hydrogens (primary N) is 1. The Bertz CT molecular complexity index is 917. The summed E-state index contributed by atoms with van der Waals surface area (Å²) in [5.41, 5.74) is 9.09. The topological polar surface area (TPSA) is 73.1 Å². The Kier molecular flexibility index (Phi) is 5.10. The average molecular weight is 362 g/mol. The minimum absolute atomic E-state index is 0.314. The zero-order chi connectivity index (χ0) is 18.6. The molecule has 0 unspecified atom stereocenters. The maximum atomic E-state index is 5.95. The average Bonchev–Trinajstić information content (AvgIpc) is 2.69. The van der Waals surface area contributed by atoms with Crippen molar-refractivity contribution in [2.24, 2.45) is 0 Å². The molecular formula is C22H26N4O. The number of benzene rings is 2. The first-order chi connectivity index (χ1) is 13.2. The Balaban J connectivity index is 1.69. The Morgan fingerprint density at radius 2 is 1.74 bits per heavy atom.